The van der Waals surface area contributed by atoms with E-state index in [1.807, 2.05) is 80.6 Å². The lowest BCUT2D eigenvalue weighted by atomic mass is 9.83. The second-order valence-corrected chi connectivity index (χ2v) is 7.47. The molecule has 0 radical (unpaired) electrons. The summed E-state index contributed by atoms with van der Waals surface area (Å²) in [6.07, 6.45) is 0.262. The summed E-state index contributed by atoms with van der Waals surface area (Å²) in [5.74, 6) is 1.52. The van der Waals surface area contributed by atoms with Gasteiger partial charge in [-0.2, -0.15) is 13.2 Å². The van der Waals surface area contributed by atoms with Crippen LogP contribution in [0.5, 0.6) is 11.5 Å². The fourth-order valence-electron chi connectivity index (χ4n) is 3.04. The lowest BCUT2D eigenvalue weighted by Gasteiger charge is -2.22. The second kappa shape index (κ2) is 8.56. The Labute approximate surface area is 169 Å². The predicted molar refractivity (Wildman–Crippen MR) is 110 cm³/mol. The van der Waals surface area contributed by atoms with Crippen LogP contribution in [0.3, 0.4) is 0 Å². The molecule has 0 N–H and O–H groups in total. The third kappa shape index (κ3) is 5.74. The fourth-order valence-corrected chi connectivity index (χ4v) is 3.04. The van der Waals surface area contributed by atoms with Crippen molar-refractivity contribution >= 4 is 0 Å². The zero-order valence-corrected chi connectivity index (χ0v) is 16.4. The summed E-state index contributed by atoms with van der Waals surface area (Å²) in [5, 5.41) is 0. The molecule has 0 aliphatic carbocycles. The highest BCUT2D eigenvalue weighted by Crippen LogP contribution is 2.33. The lowest BCUT2D eigenvalue weighted by Crippen LogP contribution is -2.15. The molecule has 3 aromatic carbocycles. The standard InChI is InChI=1S/C25H23F3O/c1-24(2,20-11-7-12-21(18-20)25(26,27)28)16-8-10-19-9-6-15-23(17-19)29-22-13-4-3-5-14-22/h3-9,11-18H,10H2,1-2H3. The molecule has 4 heteroatoms. The van der Waals surface area contributed by atoms with Gasteiger partial charge in [0.05, 0.1) is 5.56 Å². The summed E-state index contributed by atoms with van der Waals surface area (Å²) in [7, 11) is 0. The maximum atomic E-state index is 13.0. The Bertz CT molecular complexity index is 973. The Morgan fingerprint density at radius 3 is 2.14 bits per heavy atom. The second-order valence-electron chi connectivity index (χ2n) is 7.47. The number of benzene rings is 3. The molecular formula is C25H23F3O. The van der Waals surface area contributed by atoms with Crippen LogP contribution < -0.4 is 4.74 Å². The van der Waals surface area contributed by atoms with Gasteiger partial charge < -0.3 is 4.74 Å². The van der Waals surface area contributed by atoms with Gasteiger partial charge in [0.1, 0.15) is 11.5 Å². The van der Waals surface area contributed by atoms with Gasteiger partial charge in [-0.25, -0.2) is 0 Å². The van der Waals surface area contributed by atoms with Gasteiger partial charge in [0, 0.05) is 5.41 Å². The van der Waals surface area contributed by atoms with E-state index in [1.54, 1.807) is 6.07 Å². The van der Waals surface area contributed by atoms with Gasteiger partial charge in [0.15, 0.2) is 0 Å². The number of rotatable bonds is 6. The van der Waals surface area contributed by atoms with Crippen LogP contribution in [0.4, 0.5) is 13.2 Å². The topological polar surface area (TPSA) is 9.23 Å². The summed E-state index contributed by atoms with van der Waals surface area (Å²) < 4.78 is 44.8. The van der Waals surface area contributed by atoms with E-state index in [0.717, 1.165) is 23.1 Å². The Kier molecular flexibility index (Phi) is 6.12. The molecule has 0 unspecified atom stereocenters. The molecule has 0 aromatic heterocycles. The van der Waals surface area contributed by atoms with E-state index in [9.17, 15) is 13.2 Å². The van der Waals surface area contributed by atoms with Crippen molar-refractivity contribution in [2.75, 3.05) is 0 Å². The minimum Gasteiger partial charge on any atom is -0.457 e. The molecule has 3 rings (SSSR count). The van der Waals surface area contributed by atoms with Gasteiger partial charge in [0.2, 0.25) is 0 Å². The summed E-state index contributed by atoms with van der Waals surface area (Å²) in [6.45, 7) is 3.82. The fraction of sp³-hybridized carbons (Fsp3) is 0.200. The van der Waals surface area contributed by atoms with E-state index in [2.05, 4.69) is 0 Å². The van der Waals surface area contributed by atoms with Gasteiger partial charge in [-0.1, -0.05) is 74.5 Å². The molecule has 0 aliphatic heterocycles. The maximum absolute atomic E-state index is 13.0. The third-order valence-electron chi connectivity index (χ3n) is 4.70. The first-order valence-electron chi connectivity index (χ1n) is 9.41. The summed E-state index contributed by atoms with van der Waals surface area (Å²) in [4.78, 5) is 0. The first-order chi connectivity index (χ1) is 13.7. The van der Waals surface area contributed by atoms with Crippen LogP contribution in [0.1, 0.15) is 30.5 Å². The normalized spacial score (nSPS) is 12.3. The van der Waals surface area contributed by atoms with E-state index in [4.69, 9.17) is 4.74 Å². The summed E-state index contributed by atoms with van der Waals surface area (Å²) in [5.41, 5.74) is 0.556. The first-order valence-corrected chi connectivity index (χ1v) is 9.41. The van der Waals surface area contributed by atoms with Crippen LogP contribution in [0, 0.1) is 0 Å². The van der Waals surface area contributed by atoms with Crippen LogP contribution >= 0.6 is 0 Å². The monoisotopic (exact) mass is 396 g/mol. The van der Waals surface area contributed by atoms with Crippen molar-refractivity contribution in [1.29, 1.82) is 0 Å². The average Bonchev–Trinajstić information content (AvgIpc) is 2.68. The van der Waals surface area contributed by atoms with Crippen molar-refractivity contribution in [2.45, 2.75) is 31.9 Å². The van der Waals surface area contributed by atoms with Crippen LogP contribution in [0.15, 0.2) is 91.0 Å². The molecule has 0 atom stereocenters. The van der Waals surface area contributed by atoms with Crippen LogP contribution in [0.25, 0.3) is 0 Å². The van der Waals surface area contributed by atoms with Crippen molar-refractivity contribution < 1.29 is 17.9 Å². The molecule has 0 heterocycles. The van der Waals surface area contributed by atoms with Crippen molar-refractivity contribution in [3.8, 4) is 11.5 Å². The first kappa shape index (κ1) is 20.7. The van der Waals surface area contributed by atoms with Gasteiger partial charge in [-0.05, 0) is 47.9 Å². The number of para-hydroxylation sites is 1. The SMILES string of the molecule is CC(C)(C=CCc1cccc(Oc2ccccc2)c1)c1cccc(C(F)(F)F)c1. The molecule has 0 spiro atoms. The Morgan fingerprint density at radius 1 is 0.759 bits per heavy atom. The zero-order chi connectivity index (χ0) is 20.9. The number of alkyl halides is 3. The van der Waals surface area contributed by atoms with Crippen molar-refractivity contribution in [1.82, 2.24) is 0 Å². The minimum absolute atomic E-state index is 0.514. The van der Waals surface area contributed by atoms with Crippen LogP contribution in [-0.2, 0) is 18.0 Å². The van der Waals surface area contributed by atoms with E-state index >= 15 is 0 Å². The number of allylic oxidation sites excluding steroid dienone is 2. The van der Waals surface area contributed by atoms with Gasteiger partial charge in [-0.3, -0.25) is 0 Å². The van der Waals surface area contributed by atoms with Crippen LogP contribution in [-0.4, -0.2) is 0 Å². The Balaban J connectivity index is 1.70. The predicted octanol–water partition coefficient (Wildman–Crippen LogP) is 7.57. The van der Waals surface area contributed by atoms with Crippen molar-refractivity contribution in [3.05, 3.63) is 108 Å². The van der Waals surface area contributed by atoms with E-state index in [-0.39, 0.29) is 0 Å². The summed E-state index contributed by atoms with van der Waals surface area (Å²) >= 11 is 0. The number of hydrogen-bond acceptors (Lipinski definition) is 1. The third-order valence-corrected chi connectivity index (χ3v) is 4.70. The van der Waals surface area contributed by atoms with Crippen molar-refractivity contribution in [3.63, 3.8) is 0 Å². The minimum atomic E-state index is -4.34. The van der Waals surface area contributed by atoms with Gasteiger partial charge >= 0.3 is 6.18 Å². The van der Waals surface area contributed by atoms with Gasteiger partial charge in [-0.15, -0.1) is 0 Å². The Morgan fingerprint density at radius 2 is 1.41 bits per heavy atom. The zero-order valence-electron chi connectivity index (χ0n) is 16.4. The highest BCUT2D eigenvalue weighted by atomic mass is 19.4. The van der Waals surface area contributed by atoms with E-state index < -0.39 is 17.2 Å². The number of ether oxygens (including phenoxy) is 1. The van der Waals surface area contributed by atoms with E-state index in [0.29, 0.717) is 12.0 Å². The van der Waals surface area contributed by atoms with Gasteiger partial charge in [0.25, 0.3) is 0 Å². The maximum Gasteiger partial charge on any atom is 0.416 e. The number of halogens is 3. The number of hydrogen-bond donors (Lipinski definition) is 0. The molecule has 0 saturated heterocycles. The highest BCUT2D eigenvalue weighted by Gasteiger charge is 2.31. The molecule has 0 saturated carbocycles. The average molecular weight is 396 g/mol. The van der Waals surface area contributed by atoms with Crippen molar-refractivity contribution in [2.24, 2.45) is 0 Å². The summed E-state index contributed by atoms with van der Waals surface area (Å²) in [6, 6.07) is 22.8. The molecule has 1 nitrogen and oxygen atoms in total. The lowest BCUT2D eigenvalue weighted by molar-refractivity contribution is -0.137. The molecule has 0 amide bonds. The molecule has 0 fully saturated rings. The molecule has 3 aromatic rings. The quantitative estimate of drug-likeness (QED) is 0.390. The molecule has 150 valence electrons. The molecule has 0 bridgehead atoms. The largest absolute Gasteiger partial charge is 0.457 e. The van der Waals surface area contributed by atoms with E-state index in [1.165, 1.54) is 12.1 Å². The van der Waals surface area contributed by atoms with Crippen LogP contribution in [0.2, 0.25) is 0 Å². The molecule has 29 heavy (non-hydrogen) atoms. The molecular weight excluding hydrogens is 373 g/mol. The Hall–Kier alpha value is -3.01. The smallest absolute Gasteiger partial charge is 0.416 e. The highest BCUT2D eigenvalue weighted by molar-refractivity contribution is 5.36. The molecule has 0 aliphatic rings.